The van der Waals surface area contributed by atoms with Gasteiger partial charge in [-0.15, -0.1) is 0 Å². The van der Waals surface area contributed by atoms with Crippen molar-refractivity contribution in [1.29, 1.82) is 0 Å². The Morgan fingerprint density at radius 3 is 2.29 bits per heavy atom. The summed E-state index contributed by atoms with van der Waals surface area (Å²) in [5, 5.41) is 2.58. The van der Waals surface area contributed by atoms with E-state index in [9.17, 15) is 9.59 Å². The van der Waals surface area contributed by atoms with E-state index in [0.717, 1.165) is 17.5 Å². The lowest BCUT2D eigenvalue weighted by Crippen LogP contribution is -2.34. The van der Waals surface area contributed by atoms with Crippen LogP contribution in [0.3, 0.4) is 0 Å². The molecule has 0 saturated carbocycles. The lowest BCUT2D eigenvalue weighted by Gasteiger charge is -2.28. The molecule has 146 valence electrons. The van der Waals surface area contributed by atoms with Gasteiger partial charge in [0.1, 0.15) is 0 Å². The third kappa shape index (κ3) is 4.17. The highest BCUT2D eigenvalue weighted by atomic mass is 16.5. The van der Waals surface area contributed by atoms with Gasteiger partial charge in [0.2, 0.25) is 5.91 Å². The first-order valence-electron chi connectivity index (χ1n) is 9.08. The van der Waals surface area contributed by atoms with Crippen LogP contribution in [0.1, 0.15) is 27.0 Å². The van der Waals surface area contributed by atoms with Crippen LogP contribution in [0.5, 0.6) is 11.5 Å². The Hall–Kier alpha value is -3.28. The molecule has 0 spiro atoms. The summed E-state index contributed by atoms with van der Waals surface area (Å²) in [6.45, 7) is 1.19. The predicted octanol–water partition coefficient (Wildman–Crippen LogP) is 2.66. The molecule has 2 aromatic carbocycles. The first-order valence-corrected chi connectivity index (χ1v) is 9.08. The number of carbonyl (C=O) groups is 2. The van der Waals surface area contributed by atoms with Gasteiger partial charge in [0.15, 0.2) is 11.5 Å². The number of carbonyl (C=O) groups excluding carboxylic acids is 2. The molecule has 2 amide bonds. The van der Waals surface area contributed by atoms with Crippen molar-refractivity contribution in [2.75, 3.05) is 27.8 Å². The van der Waals surface area contributed by atoms with E-state index in [1.54, 1.807) is 45.6 Å². The summed E-state index contributed by atoms with van der Waals surface area (Å²) in [6.07, 6.45) is 4.11. The maximum Gasteiger partial charge on any atom is 0.251 e. The van der Waals surface area contributed by atoms with Crippen molar-refractivity contribution >= 4 is 17.9 Å². The number of hydrogen-bond donors (Lipinski definition) is 1. The average molecular weight is 380 g/mol. The highest BCUT2D eigenvalue weighted by Crippen LogP contribution is 2.33. The molecule has 1 aliphatic rings. The number of methoxy groups -OCH3 is 2. The van der Waals surface area contributed by atoms with E-state index in [4.69, 9.17) is 9.47 Å². The molecule has 2 aromatic rings. The zero-order valence-electron chi connectivity index (χ0n) is 16.3. The van der Waals surface area contributed by atoms with Gasteiger partial charge in [-0.2, -0.15) is 0 Å². The average Bonchev–Trinajstić information content (AvgIpc) is 2.75. The molecule has 0 radical (unpaired) electrons. The number of amides is 2. The van der Waals surface area contributed by atoms with Crippen LogP contribution < -0.4 is 14.8 Å². The van der Waals surface area contributed by atoms with E-state index >= 15 is 0 Å². The molecule has 0 aromatic heterocycles. The number of nitrogens with one attached hydrogen (secondary N) is 1. The molecule has 1 heterocycles. The van der Waals surface area contributed by atoms with E-state index in [2.05, 4.69) is 5.32 Å². The second kappa shape index (κ2) is 8.61. The molecule has 1 aliphatic heterocycles. The second-order valence-electron chi connectivity index (χ2n) is 6.52. The topological polar surface area (TPSA) is 67.9 Å². The summed E-state index contributed by atoms with van der Waals surface area (Å²) < 4.78 is 10.7. The Labute approximate surface area is 164 Å². The summed E-state index contributed by atoms with van der Waals surface area (Å²) in [7, 11) is 4.82. The van der Waals surface area contributed by atoms with Crippen molar-refractivity contribution in [2.24, 2.45) is 0 Å². The number of ether oxygens (including phenoxy) is 2. The first-order chi connectivity index (χ1) is 13.5. The summed E-state index contributed by atoms with van der Waals surface area (Å²) in [5.41, 5.74) is 3.70. The zero-order valence-corrected chi connectivity index (χ0v) is 16.3. The van der Waals surface area contributed by atoms with Crippen LogP contribution in [0.2, 0.25) is 0 Å². The minimum atomic E-state index is -0.134. The van der Waals surface area contributed by atoms with Crippen LogP contribution in [0.15, 0.2) is 42.5 Å². The quantitative estimate of drug-likeness (QED) is 0.810. The van der Waals surface area contributed by atoms with E-state index < -0.39 is 0 Å². The third-order valence-corrected chi connectivity index (χ3v) is 4.85. The smallest absolute Gasteiger partial charge is 0.251 e. The van der Waals surface area contributed by atoms with Gasteiger partial charge in [0, 0.05) is 31.8 Å². The summed E-state index contributed by atoms with van der Waals surface area (Å²) >= 11 is 0. The molecule has 0 fully saturated rings. The molecule has 0 unspecified atom stereocenters. The van der Waals surface area contributed by atoms with Gasteiger partial charge in [-0.3, -0.25) is 9.59 Å². The minimum absolute atomic E-state index is 0.0455. The lowest BCUT2D eigenvalue weighted by atomic mass is 9.98. The van der Waals surface area contributed by atoms with E-state index in [1.165, 1.54) is 5.56 Å². The second-order valence-corrected chi connectivity index (χ2v) is 6.52. The van der Waals surface area contributed by atoms with E-state index in [-0.39, 0.29) is 11.8 Å². The standard InChI is InChI=1S/C22H24N2O4/c1-23-22(26)16-7-4-15(5-8-16)6-9-21(25)24-11-10-17-12-19(27-2)20(28-3)13-18(17)14-24/h4-9,12-13H,10-11,14H2,1-3H3,(H,23,26)/b9-6+. The number of nitrogens with zero attached hydrogens (tertiary/aromatic N) is 1. The number of rotatable bonds is 5. The van der Waals surface area contributed by atoms with Crippen LogP contribution in [-0.4, -0.2) is 44.5 Å². The fraction of sp³-hybridized carbons (Fsp3) is 0.273. The largest absolute Gasteiger partial charge is 0.493 e. The molecule has 0 aliphatic carbocycles. The molecular formula is C22H24N2O4. The van der Waals surface area contributed by atoms with Gasteiger partial charge in [-0.1, -0.05) is 12.1 Å². The van der Waals surface area contributed by atoms with Crippen molar-refractivity contribution in [3.8, 4) is 11.5 Å². The fourth-order valence-electron chi connectivity index (χ4n) is 3.23. The normalized spacial score (nSPS) is 13.2. The molecule has 3 rings (SSSR count). The van der Waals surface area contributed by atoms with Crippen LogP contribution >= 0.6 is 0 Å². The highest BCUT2D eigenvalue weighted by Gasteiger charge is 2.21. The van der Waals surface area contributed by atoms with Crippen LogP contribution in [0, 0.1) is 0 Å². The van der Waals surface area contributed by atoms with Crippen LogP contribution in [0.4, 0.5) is 0 Å². The van der Waals surface area contributed by atoms with E-state index in [1.807, 2.05) is 29.2 Å². The van der Waals surface area contributed by atoms with Gasteiger partial charge < -0.3 is 19.7 Å². The SMILES string of the molecule is CNC(=O)c1ccc(/C=C/C(=O)N2CCc3cc(OC)c(OC)cc3C2)cc1. The fourth-order valence-corrected chi connectivity index (χ4v) is 3.23. The van der Waals surface area contributed by atoms with E-state index in [0.29, 0.717) is 30.2 Å². The van der Waals surface area contributed by atoms with Crippen molar-refractivity contribution in [3.05, 3.63) is 64.7 Å². The molecule has 28 heavy (non-hydrogen) atoms. The Balaban J connectivity index is 1.69. The molecular weight excluding hydrogens is 356 g/mol. The molecule has 6 heteroatoms. The maximum atomic E-state index is 12.6. The monoisotopic (exact) mass is 380 g/mol. The van der Waals surface area contributed by atoms with Crippen molar-refractivity contribution < 1.29 is 19.1 Å². The minimum Gasteiger partial charge on any atom is -0.493 e. The summed E-state index contributed by atoms with van der Waals surface area (Å²) in [5.74, 6) is 1.20. The molecule has 0 atom stereocenters. The van der Waals surface area contributed by atoms with Crippen LogP contribution in [-0.2, 0) is 17.8 Å². The summed E-state index contributed by atoms with van der Waals surface area (Å²) in [4.78, 5) is 26.0. The molecule has 0 saturated heterocycles. The Morgan fingerprint density at radius 1 is 1.04 bits per heavy atom. The molecule has 1 N–H and O–H groups in total. The van der Waals surface area contributed by atoms with Gasteiger partial charge >= 0.3 is 0 Å². The molecule has 6 nitrogen and oxygen atoms in total. The first kappa shape index (κ1) is 19.5. The van der Waals surface area contributed by atoms with Crippen molar-refractivity contribution in [3.63, 3.8) is 0 Å². The van der Waals surface area contributed by atoms with Crippen molar-refractivity contribution in [2.45, 2.75) is 13.0 Å². The zero-order chi connectivity index (χ0) is 20.1. The van der Waals surface area contributed by atoms with Gasteiger partial charge in [-0.05, 0) is 53.5 Å². The Kier molecular flexibility index (Phi) is 5.99. The number of benzene rings is 2. The van der Waals surface area contributed by atoms with Gasteiger partial charge in [0.05, 0.1) is 14.2 Å². The predicted molar refractivity (Wildman–Crippen MR) is 108 cm³/mol. The number of fused-ring (bicyclic) bond motifs is 1. The van der Waals surface area contributed by atoms with Crippen molar-refractivity contribution in [1.82, 2.24) is 10.2 Å². The Morgan fingerprint density at radius 2 is 1.68 bits per heavy atom. The lowest BCUT2D eigenvalue weighted by molar-refractivity contribution is -0.126. The summed E-state index contributed by atoms with van der Waals surface area (Å²) in [6, 6.07) is 11.0. The van der Waals surface area contributed by atoms with Crippen LogP contribution in [0.25, 0.3) is 6.08 Å². The number of hydrogen-bond acceptors (Lipinski definition) is 4. The maximum absolute atomic E-state index is 12.6. The highest BCUT2D eigenvalue weighted by molar-refractivity contribution is 5.95. The third-order valence-electron chi connectivity index (χ3n) is 4.85. The van der Waals surface area contributed by atoms with Gasteiger partial charge in [0.25, 0.3) is 5.91 Å². The van der Waals surface area contributed by atoms with Gasteiger partial charge in [-0.25, -0.2) is 0 Å². The molecule has 0 bridgehead atoms. The Bertz CT molecular complexity index is 903.